The average molecular weight is 330 g/mol. The Bertz CT molecular complexity index is 718. The smallest absolute Gasteiger partial charge is 0.248 e. The molecule has 0 radical (unpaired) electrons. The molecule has 0 bridgehead atoms. The minimum absolute atomic E-state index is 0.107. The predicted octanol–water partition coefficient (Wildman–Crippen LogP) is 2.19. The van der Waals surface area contributed by atoms with Gasteiger partial charge < -0.3 is 4.90 Å². The second-order valence-corrected chi connectivity index (χ2v) is 6.96. The molecule has 1 saturated heterocycles. The molecule has 3 rings (SSSR count). The Morgan fingerprint density at radius 2 is 2.08 bits per heavy atom. The number of carbonyl (C=O) groups excluding carboxylic acids is 1. The van der Waals surface area contributed by atoms with Crippen LogP contribution < -0.4 is 0 Å². The minimum Gasteiger partial charge on any atom is -0.334 e. The Labute approximate surface area is 142 Å². The minimum atomic E-state index is -0.314. The zero-order valence-electron chi connectivity index (χ0n) is 15.1. The first-order valence-corrected chi connectivity index (χ1v) is 8.56. The van der Waals surface area contributed by atoms with Crippen LogP contribution >= 0.6 is 0 Å². The van der Waals surface area contributed by atoms with Gasteiger partial charge in [0, 0.05) is 24.8 Å². The molecule has 0 aliphatic carbocycles. The Hall–Kier alpha value is -2.18. The topological polar surface area (TPSA) is 68.8 Å². The lowest BCUT2D eigenvalue weighted by molar-refractivity contribution is -0.137. The van der Waals surface area contributed by atoms with Gasteiger partial charge in [-0.1, -0.05) is 13.8 Å². The lowest BCUT2D eigenvalue weighted by atomic mass is 9.99. The predicted molar refractivity (Wildman–Crippen MR) is 90.3 cm³/mol. The molecule has 3 heterocycles. The Balaban J connectivity index is 1.93. The third-order valence-electron chi connectivity index (χ3n) is 5.04. The van der Waals surface area contributed by atoms with Crippen LogP contribution in [0.5, 0.6) is 0 Å². The monoisotopic (exact) mass is 330 g/mol. The number of aromatic nitrogens is 5. The fraction of sp³-hybridized carbons (Fsp3) is 0.647. The summed E-state index contributed by atoms with van der Waals surface area (Å²) in [7, 11) is 1.96. The van der Waals surface area contributed by atoms with Crippen LogP contribution in [0.25, 0.3) is 0 Å². The van der Waals surface area contributed by atoms with Crippen LogP contribution in [0.4, 0.5) is 0 Å². The van der Waals surface area contributed by atoms with Crippen molar-refractivity contribution in [2.75, 3.05) is 6.54 Å². The van der Waals surface area contributed by atoms with Gasteiger partial charge in [-0.2, -0.15) is 10.2 Å². The van der Waals surface area contributed by atoms with Crippen LogP contribution in [0.15, 0.2) is 12.7 Å². The van der Waals surface area contributed by atoms with Crippen molar-refractivity contribution in [3.8, 4) is 0 Å². The van der Waals surface area contributed by atoms with E-state index < -0.39 is 0 Å². The van der Waals surface area contributed by atoms with E-state index in [2.05, 4.69) is 36.0 Å². The molecule has 0 N–H and O–H groups in total. The molecule has 24 heavy (non-hydrogen) atoms. The highest BCUT2D eigenvalue weighted by Gasteiger charge is 2.38. The SMILES string of the molecule is Cc1nn(C)c(C)c1C1CCCN1C(=O)C(C(C)C)n1cncn1. The second-order valence-electron chi connectivity index (χ2n) is 6.96. The van der Waals surface area contributed by atoms with Crippen molar-refractivity contribution >= 4 is 5.91 Å². The van der Waals surface area contributed by atoms with Gasteiger partial charge in [0.1, 0.15) is 18.7 Å². The van der Waals surface area contributed by atoms with Gasteiger partial charge in [0.15, 0.2) is 0 Å². The average Bonchev–Trinajstić information content (AvgIpc) is 3.22. The van der Waals surface area contributed by atoms with E-state index in [1.165, 1.54) is 11.9 Å². The van der Waals surface area contributed by atoms with E-state index in [4.69, 9.17) is 0 Å². The first-order valence-electron chi connectivity index (χ1n) is 8.56. The van der Waals surface area contributed by atoms with E-state index in [9.17, 15) is 4.79 Å². The molecule has 7 heteroatoms. The summed E-state index contributed by atoms with van der Waals surface area (Å²) >= 11 is 0. The number of likely N-dealkylation sites (tertiary alicyclic amines) is 1. The zero-order chi connectivity index (χ0) is 17.4. The van der Waals surface area contributed by atoms with Crippen LogP contribution in [0.3, 0.4) is 0 Å². The van der Waals surface area contributed by atoms with Crippen LogP contribution in [-0.4, -0.2) is 41.9 Å². The molecule has 7 nitrogen and oxygen atoms in total. The van der Waals surface area contributed by atoms with Crippen molar-refractivity contribution in [2.24, 2.45) is 13.0 Å². The first kappa shape index (κ1) is 16.7. The number of rotatable bonds is 4. The summed E-state index contributed by atoms with van der Waals surface area (Å²) < 4.78 is 3.59. The summed E-state index contributed by atoms with van der Waals surface area (Å²) in [4.78, 5) is 19.3. The van der Waals surface area contributed by atoms with Crippen LogP contribution in [0, 0.1) is 19.8 Å². The van der Waals surface area contributed by atoms with Crippen LogP contribution in [0.2, 0.25) is 0 Å². The number of nitrogens with zero attached hydrogens (tertiary/aromatic N) is 6. The highest BCUT2D eigenvalue weighted by molar-refractivity contribution is 5.81. The maximum Gasteiger partial charge on any atom is 0.248 e. The van der Waals surface area contributed by atoms with Crippen molar-refractivity contribution < 1.29 is 4.79 Å². The standard InChI is InChI=1S/C17H26N6O/c1-11(2)16(23-10-18-9-19-23)17(24)22-8-6-7-14(22)15-12(3)20-21(5)13(15)4/h9-11,14,16H,6-8H2,1-5H3. The molecular weight excluding hydrogens is 304 g/mol. The van der Waals surface area contributed by atoms with Gasteiger partial charge in [0.25, 0.3) is 0 Å². The van der Waals surface area contributed by atoms with Crippen molar-refractivity contribution in [3.05, 3.63) is 29.6 Å². The van der Waals surface area contributed by atoms with Gasteiger partial charge in [0.2, 0.25) is 5.91 Å². The van der Waals surface area contributed by atoms with E-state index in [0.717, 1.165) is 30.8 Å². The molecule has 1 fully saturated rings. The fourth-order valence-corrected chi connectivity index (χ4v) is 3.84. The maximum atomic E-state index is 13.3. The van der Waals surface area contributed by atoms with Gasteiger partial charge in [-0.3, -0.25) is 9.48 Å². The summed E-state index contributed by atoms with van der Waals surface area (Å²) in [6.45, 7) is 9.00. The number of carbonyl (C=O) groups is 1. The number of aryl methyl sites for hydroxylation is 2. The first-order chi connectivity index (χ1) is 11.4. The quantitative estimate of drug-likeness (QED) is 0.862. The second kappa shape index (κ2) is 6.37. The molecule has 130 valence electrons. The van der Waals surface area contributed by atoms with Crippen LogP contribution in [0.1, 0.15) is 55.7 Å². The van der Waals surface area contributed by atoms with Gasteiger partial charge in [-0.05, 0) is 32.6 Å². The molecule has 0 spiro atoms. The summed E-state index contributed by atoms with van der Waals surface area (Å²) in [5.74, 6) is 0.275. The van der Waals surface area contributed by atoms with E-state index in [0.29, 0.717) is 0 Å². The van der Waals surface area contributed by atoms with Crippen molar-refractivity contribution in [3.63, 3.8) is 0 Å². The van der Waals surface area contributed by atoms with Gasteiger partial charge in [-0.15, -0.1) is 0 Å². The third kappa shape index (κ3) is 2.72. The van der Waals surface area contributed by atoms with Gasteiger partial charge >= 0.3 is 0 Å². The molecule has 1 amide bonds. The molecule has 2 unspecified atom stereocenters. The number of hydrogen-bond acceptors (Lipinski definition) is 4. The maximum absolute atomic E-state index is 13.3. The Kier molecular flexibility index (Phi) is 4.43. The summed E-state index contributed by atoms with van der Waals surface area (Å²) in [5, 5.41) is 8.74. The Morgan fingerprint density at radius 1 is 1.33 bits per heavy atom. The van der Waals surface area contributed by atoms with E-state index in [1.54, 1.807) is 11.0 Å². The van der Waals surface area contributed by atoms with Gasteiger partial charge in [0.05, 0.1) is 11.7 Å². The zero-order valence-corrected chi connectivity index (χ0v) is 15.1. The van der Waals surface area contributed by atoms with E-state index in [1.807, 2.05) is 23.6 Å². The summed E-state index contributed by atoms with van der Waals surface area (Å²) in [6.07, 6.45) is 5.13. The third-order valence-corrected chi connectivity index (χ3v) is 5.04. The normalized spacial score (nSPS) is 19.2. The highest BCUT2D eigenvalue weighted by atomic mass is 16.2. The van der Waals surface area contributed by atoms with Crippen molar-refractivity contribution in [1.29, 1.82) is 0 Å². The molecule has 0 aromatic carbocycles. The lowest BCUT2D eigenvalue weighted by Crippen LogP contribution is -2.39. The lowest BCUT2D eigenvalue weighted by Gasteiger charge is -2.31. The van der Waals surface area contributed by atoms with Crippen molar-refractivity contribution in [1.82, 2.24) is 29.4 Å². The van der Waals surface area contributed by atoms with Crippen molar-refractivity contribution in [2.45, 2.75) is 52.6 Å². The van der Waals surface area contributed by atoms with E-state index in [-0.39, 0.29) is 23.9 Å². The number of hydrogen-bond donors (Lipinski definition) is 0. The molecule has 1 aliphatic rings. The molecule has 2 atom stereocenters. The molecular formula is C17H26N6O. The van der Waals surface area contributed by atoms with E-state index >= 15 is 0 Å². The van der Waals surface area contributed by atoms with Gasteiger partial charge in [-0.25, -0.2) is 9.67 Å². The Morgan fingerprint density at radius 3 is 2.62 bits per heavy atom. The molecule has 1 aliphatic heterocycles. The number of amides is 1. The summed E-state index contributed by atoms with van der Waals surface area (Å²) in [6, 6.07) is -0.207. The largest absolute Gasteiger partial charge is 0.334 e. The summed E-state index contributed by atoms with van der Waals surface area (Å²) in [5.41, 5.74) is 3.35. The molecule has 0 saturated carbocycles. The fourth-order valence-electron chi connectivity index (χ4n) is 3.84. The molecule has 2 aromatic rings. The highest BCUT2D eigenvalue weighted by Crippen LogP contribution is 2.37. The molecule has 2 aromatic heterocycles. The van der Waals surface area contributed by atoms with Crippen LogP contribution in [-0.2, 0) is 11.8 Å².